The van der Waals surface area contributed by atoms with Gasteiger partial charge in [0.2, 0.25) is 0 Å². The largest absolute Gasteiger partial charge is 0.496 e. The normalized spacial score (nSPS) is 10.8. The monoisotopic (exact) mass is 275 g/mol. The van der Waals surface area contributed by atoms with Gasteiger partial charge in [-0.15, -0.1) is 5.10 Å². The number of ether oxygens (including phenoxy) is 1. The number of aryl methyl sites for hydroxylation is 2. The molecule has 0 atom stereocenters. The Hall–Kier alpha value is -1.95. The Bertz CT molecular complexity index is 579. The lowest BCUT2D eigenvalue weighted by atomic mass is 10.1. The van der Waals surface area contributed by atoms with Crippen LogP contribution in [0.25, 0.3) is 0 Å². The summed E-state index contributed by atoms with van der Waals surface area (Å²) in [6.07, 6.45) is 5.56. The first-order chi connectivity index (χ1) is 9.65. The lowest BCUT2D eigenvalue weighted by Gasteiger charge is -2.11. The van der Waals surface area contributed by atoms with Gasteiger partial charge in [-0.25, -0.2) is 4.68 Å². The molecular formula is C14H21N5O. The predicted molar refractivity (Wildman–Crippen MR) is 76.8 cm³/mol. The zero-order chi connectivity index (χ0) is 14.5. The molecule has 0 aromatic carbocycles. The van der Waals surface area contributed by atoms with Crippen molar-refractivity contribution in [3.8, 4) is 5.75 Å². The molecule has 0 aliphatic carbocycles. The van der Waals surface area contributed by atoms with Crippen LogP contribution in [-0.2, 0) is 13.0 Å². The summed E-state index contributed by atoms with van der Waals surface area (Å²) in [6, 6.07) is 0. The number of aromatic nitrogens is 4. The SMILES string of the molecule is COc1c(C)cnc(Cn2cc(CCCN)nn2)c1C. The summed E-state index contributed by atoms with van der Waals surface area (Å²) in [6.45, 7) is 5.27. The Morgan fingerprint density at radius 3 is 2.85 bits per heavy atom. The van der Waals surface area contributed by atoms with Crippen molar-refractivity contribution in [3.63, 3.8) is 0 Å². The van der Waals surface area contributed by atoms with Crippen LogP contribution in [0, 0.1) is 13.8 Å². The number of rotatable bonds is 6. The van der Waals surface area contributed by atoms with E-state index in [0.717, 1.165) is 41.1 Å². The molecule has 0 aliphatic rings. The molecule has 0 amide bonds. The quantitative estimate of drug-likeness (QED) is 0.858. The van der Waals surface area contributed by atoms with Gasteiger partial charge in [0, 0.05) is 23.5 Å². The van der Waals surface area contributed by atoms with Gasteiger partial charge in [-0.1, -0.05) is 5.21 Å². The first-order valence-electron chi connectivity index (χ1n) is 6.73. The molecule has 6 nitrogen and oxygen atoms in total. The van der Waals surface area contributed by atoms with E-state index in [1.165, 1.54) is 0 Å². The highest BCUT2D eigenvalue weighted by atomic mass is 16.5. The second-order valence-electron chi connectivity index (χ2n) is 4.85. The summed E-state index contributed by atoms with van der Waals surface area (Å²) < 4.78 is 7.21. The number of nitrogens with two attached hydrogens (primary N) is 1. The number of hydrogen-bond donors (Lipinski definition) is 1. The van der Waals surface area contributed by atoms with Crippen molar-refractivity contribution in [1.29, 1.82) is 0 Å². The molecule has 2 rings (SSSR count). The first-order valence-corrected chi connectivity index (χ1v) is 6.73. The zero-order valence-electron chi connectivity index (χ0n) is 12.3. The van der Waals surface area contributed by atoms with Crippen LogP contribution >= 0.6 is 0 Å². The third-order valence-electron chi connectivity index (χ3n) is 3.28. The number of hydrogen-bond acceptors (Lipinski definition) is 5. The minimum absolute atomic E-state index is 0.595. The molecule has 2 N–H and O–H groups in total. The van der Waals surface area contributed by atoms with Crippen molar-refractivity contribution in [2.24, 2.45) is 5.73 Å². The van der Waals surface area contributed by atoms with Crippen LogP contribution < -0.4 is 10.5 Å². The average Bonchev–Trinajstić information content (AvgIpc) is 2.88. The molecule has 0 bridgehead atoms. The average molecular weight is 275 g/mol. The van der Waals surface area contributed by atoms with E-state index in [4.69, 9.17) is 10.5 Å². The molecule has 0 aliphatic heterocycles. The molecule has 0 saturated carbocycles. The maximum absolute atomic E-state index is 5.49. The van der Waals surface area contributed by atoms with Gasteiger partial charge >= 0.3 is 0 Å². The van der Waals surface area contributed by atoms with Crippen molar-refractivity contribution in [3.05, 3.63) is 34.9 Å². The third kappa shape index (κ3) is 3.14. The van der Waals surface area contributed by atoms with E-state index in [1.807, 2.05) is 26.2 Å². The Morgan fingerprint density at radius 1 is 1.35 bits per heavy atom. The molecule has 2 aromatic heterocycles. The van der Waals surface area contributed by atoms with Gasteiger partial charge in [-0.05, 0) is 33.2 Å². The topological polar surface area (TPSA) is 78.9 Å². The van der Waals surface area contributed by atoms with Crippen LogP contribution in [0.2, 0.25) is 0 Å². The van der Waals surface area contributed by atoms with Crippen molar-refractivity contribution < 1.29 is 4.74 Å². The molecule has 0 radical (unpaired) electrons. The Labute approximate surface area is 119 Å². The van der Waals surface area contributed by atoms with Crippen molar-refractivity contribution in [1.82, 2.24) is 20.0 Å². The van der Waals surface area contributed by atoms with E-state index in [9.17, 15) is 0 Å². The van der Waals surface area contributed by atoms with Crippen molar-refractivity contribution in [2.45, 2.75) is 33.2 Å². The Morgan fingerprint density at radius 2 is 2.15 bits per heavy atom. The van der Waals surface area contributed by atoms with Crippen LogP contribution in [0.5, 0.6) is 5.75 Å². The predicted octanol–water partition coefficient (Wildman–Crippen LogP) is 1.24. The second-order valence-corrected chi connectivity index (χ2v) is 4.85. The zero-order valence-corrected chi connectivity index (χ0v) is 12.3. The summed E-state index contributed by atoms with van der Waals surface area (Å²) in [5.41, 5.74) is 9.49. The van der Waals surface area contributed by atoms with E-state index in [1.54, 1.807) is 11.8 Å². The summed E-state index contributed by atoms with van der Waals surface area (Å²) >= 11 is 0. The smallest absolute Gasteiger partial charge is 0.128 e. The standard InChI is InChI=1S/C14H21N5O/c1-10-7-16-13(11(2)14(10)20-3)9-19-8-12(17-18-19)5-4-6-15/h7-8H,4-6,9,15H2,1-3H3. The van der Waals surface area contributed by atoms with Gasteiger partial charge in [-0.3, -0.25) is 4.98 Å². The van der Waals surface area contributed by atoms with Gasteiger partial charge in [0.25, 0.3) is 0 Å². The molecule has 0 spiro atoms. The molecule has 0 unspecified atom stereocenters. The van der Waals surface area contributed by atoms with Crippen LogP contribution in [0.4, 0.5) is 0 Å². The summed E-state index contributed by atoms with van der Waals surface area (Å²) in [7, 11) is 1.68. The highest BCUT2D eigenvalue weighted by Gasteiger charge is 2.10. The second kappa shape index (κ2) is 6.47. The van der Waals surface area contributed by atoms with Crippen LogP contribution in [0.1, 0.15) is 28.9 Å². The number of nitrogens with zero attached hydrogens (tertiary/aromatic N) is 4. The van der Waals surface area contributed by atoms with E-state index >= 15 is 0 Å². The van der Waals surface area contributed by atoms with Crippen LogP contribution in [0.3, 0.4) is 0 Å². The molecule has 0 fully saturated rings. The third-order valence-corrected chi connectivity index (χ3v) is 3.28. The molecule has 108 valence electrons. The maximum atomic E-state index is 5.49. The van der Waals surface area contributed by atoms with Crippen LogP contribution in [-0.4, -0.2) is 33.6 Å². The summed E-state index contributed by atoms with van der Waals surface area (Å²) in [4.78, 5) is 4.46. The minimum Gasteiger partial charge on any atom is -0.496 e. The van der Waals surface area contributed by atoms with Crippen molar-refractivity contribution >= 4 is 0 Å². The highest BCUT2D eigenvalue weighted by Crippen LogP contribution is 2.24. The Balaban J connectivity index is 2.15. The molecule has 2 heterocycles. The van der Waals surface area contributed by atoms with Crippen LogP contribution in [0.15, 0.2) is 12.4 Å². The molecule has 0 saturated heterocycles. The van der Waals surface area contributed by atoms with Gasteiger partial charge in [0.05, 0.1) is 25.0 Å². The summed E-state index contributed by atoms with van der Waals surface area (Å²) in [5.74, 6) is 0.887. The fourth-order valence-electron chi connectivity index (χ4n) is 2.20. The Kier molecular flexibility index (Phi) is 4.68. The molecule has 2 aromatic rings. The number of methoxy groups -OCH3 is 1. The van der Waals surface area contributed by atoms with Gasteiger partial charge in [0.1, 0.15) is 5.75 Å². The lowest BCUT2D eigenvalue weighted by molar-refractivity contribution is 0.406. The van der Waals surface area contributed by atoms with Gasteiger partial charge < -0.3 is 10.5 Å². The minimum atomic E-state index is 0.595. The lowest BCUT2D eigenvalue weighted by Crippen LogP contribution is -2.06. The van der Waals surface area contributed by atoms with E-state index in [0.29, 0.717) is 13.1 Å². The molecular weight excluding hydrogens is 254 g/mol. The number of pyridine rings is 1. The molecule has 6 heteroatoms. The van der Waals surface area contributed by atoms with Gasteiger partial charge in [-0.2, -0.15) is 0 Å². The highest BCUT2D eigenvalue weighted by molar-refractivity contribution is 5.41. The van der Waals surface area contributed by atoms with E-state index in [2.05, 4.69) is 15.3 Å². The van der Waals surface area contributed by atoms with Crippen molar-refractivity contribution in [2.75, 3.05) is 13.7 Å². The molecule has 20 heavy (non-hydrogen) atoms. The maximum Gasteiger partial charge on any atom is 0.128 e. The van der Waals surface area contributed by atoms with E-state index < -0.39 is 0 Å². The van der Waals surface area contributed by atoms with E-state index in [-0.39, 0.29) is 0 Å². The first kappa shape index (κ1) is 14.5. The summed E-state index contributed by atoms with van der Waals surface area (Å²) in [5, 5.41) is 8.27. The fourth-order valence-corrected chi connectivity index (χ4v) is 2.20. The fraction of sp³-hybridized carbons (Fsp3) is 0.500. The van der Waals surface area contributed by atoms with Gasteiger partial charge in [0.15, 0.2) is 0 Å².